The SMILES string of the molecule is CC1CCC(C)C(CN)(NCCC2CCC2)C1. The Labute approximate surface area is 107 Å². The molecule has 2 fully saturated rings. The second-order valence-electron chi connectivity index (χ2n) is 6.66. The van der Waals surface area contributed by atoms with Crippen LogP contribution in [0.2, 0.25) is 0 Å². The van der Waals surface area contributed by atoms with Crippen molar-refractivity contribution in [3.05, 3.63) is 0 Å². The number of hydrogen-bond donors (Lipinski definition) is 2. The van der Waals surface area contributed by atoms with Gasteiger partial charge in [-0.1, -0.05) is 39.5 Å². The summed E-state index contributed by atoms with van der Waals surface area (Å²) < 4.78 is 0. The van der Waals surface area contributed by atoms with E-state index in [1.165, 1.54) is 51.5 Å². The minimum absolute atomic E-state index is 0.238. The van der Waals surface area contributed by atoms with Gasteiger partial charge in [0.25, 0.3) is 0 Å². The van der Waals surface area contributed by atoms with Crippen LogP contribution in [0.25, 0.3) is 0 Å². The van der Waals surface area contributed by atoms with E-state index in [-0.39, 0.29) is 5.54 Å². The first-order valence-corrected chi connectivity index (χ1v) is 7.61. The molecule has 0 saturated heterocycles. The molecule has 2 nitrogen and oxygen atoms in total. The maximum Gasteiger partial charge on any atom is 0.0332 e. The first kappa shape index (κ1) is 13.4. The highest BCUT2D eigenvalue weighted by atomic mass is 15.0. The molecule has 3 atom stereocenters. The first-order valence-electron chi connectivity index (χ1n) is 7.61. The van der Waals surface area contributed by atoms with E-state index in [2.05, 4.69) is 19.2 Å². The average molecular weight is 238 g/mol. The van der Waals surface area contributed by atoms with Gasteiger partial charge in [0.05, 0.1) is 0 Å². The van der Waals surface area contributed by atoms with Gasteiger partial charge in [-0.05, 0) is 43.6 Å². The van der Waals surface area contributed by atoms with E-state index in [0.717, 1.165) is 24.3 Å². The molecule has 100 valence electrons. The van der Waals surface area contributed by atoms with Gasteiger partial charge in [0, 0.05) is 12.1 Å². The van der Waals surface area contributed by atoms with Crippen LogP contribution in [-0.2, 0) is 0 Å². The third-order valence-electron chi connectivity index (χ3n) is 5.37. The molecule has 0 aromatic carbocycles. The summed E-state index contributed by atoms with van der Waals surface area (Å²) in [5, 5.41) is 3.84. The number of rotatable bonds is 5. The molecule has 0 aromatic rings. The van der Waals surface area contributed by atoms with E-state index in [1.54, 1.807) is 0 Å². The molecule has 0 aliphatic heterocycles. The smallest absolute Gasteiger partial charge is 0.0332 e. The van der Waals surface area contributed by atoms with E-state index in [4.69, 9.17) is 5.73 Å². The largest absolute Gasteiger partial charge is 0.329 e. The summed E-state index contributed by atoms with van der Waals surface area (Å²) in [6.07, 6.45) is 9.74. The molecule has 2 aliphatic carbocycles. The van der Waals surface area contributed by atoms with Crippen molar-refractivity contribution in [3.63, 3.8) is 0 Å². The Balaban J connectivity index is 1.83. The van der Waals surface area contributed by atoms with Crippen molar-refractivity contribution < 1.29 is 0 Å². The van der Waals surface area contributed by atoms with Crippen molar-refractivity contribution in [2.75, 3.05) is 13.1 Å². The van der Waals surface area contributed by atoms with Crippen LogP contribution < -0.4 is 11.1 Å². The maximum atomic E-state index is 6.09. The van der Waals surface area contributed by atoms with Crippen LogP contribution in [0.5, 0.6) is 0 Å². The number of hydrogen-bond acceptors (Lipinski definition) is 2. The van der Waals surface area contributed by atoms with Crippen LogP contribution in [-0.4, -0.2) is 18.6 Å². The van der Waals surface area contributed by atoms with E-state index in [9.17, 15) is 0 Å². The van der Waals surface area contributed by atoms with Crippen LogP contribution in [0.4, 0.5) is 0 Å². The summed E-state index contributed by atoms with van der Waals surface area (Å²) in [7, 11) is 0. The van der Waals surface area contributed by atoms with Crippen molar-refractivity contribution in [2.24, 2.45) is 23.5 Å². The normalized spacial score (nSPS) is 39.0. The van der Waals surface area contributed by atoms with E-state index in [0.29, 0.717) is 0 Å². The third kappa shape index (κ3) is 3.03. The van der Waals surface area contributed by atoms with E-state index >= 15 is 0 Å². The van der Waals surface area contributed by atoms with E-state index < -0.39 is 0 Å². The summed E-state index contributed by atoms with van der Waals surface area (Å²) in [5.41, 5.74) is 6.33. The van der Waals surface area contributed by atoms with Crippen molar-refractivity contribution in [2.45, 2.75) is 64.3 Å². The lowest BCUT2D eigenvalue weighted by molar-refractivity contribution is 0.122. The molecule has 2 rings (SSSR count). The molecule has 3 unspecified atom stereocenters. The highest BCUT2D eigenvalue weighted by molar-refractivity contribution is 4.98. The lowest BCUT2D eigenvalue weighted by atomic mass is 9.69. The zero-order chi connectivity index (χ0) is 12.3. The molecule has 0 amide bonds. The second kappa shape index (κ2) is 5.71. The van der Waals surface area contributed by atoms with Gasteiger partial charge in [-0.3, -0.25) is 0 Å². The highest BCUT2D eigenvalue weighted by Crippen LogP contribution is 2.36. The summed E-state index contributed by atoms with van der Waals surface area (Å²) in [5.74, 6) is 2.59. The predicted molar refractivity (Wildman–Crippen MR) is 73.9 cm³/mol. The summed E-state index contributed by atoms with van der Waals surface area (Å²) in [4.78, 5) is 0. The molecular formula is C15H30N2. The van der Waals surface area contributed by atoms with Gasteiger partial charge in [-0.2, -0.15) is 0 Å². The average Bonchev–Trinajstić information content (AvgIpc) is 2.26. The maximum absolute atomic E-state index is 6.09. The lowest BCUT2D eigenvalue weighted by Crippen LogP contribution is -2.58. The fraction of sp³-hybridized carbons (Fsp3) is 1.00. The van der Waals surface area contributed by atoms with Crippen LogP contribution in [0, 0.1) is 17.8 Å². The molecule has 0 heterocycles. The Kier molecular flexibility index (Phi) is 4.48. The predicted octanol–water partition coefficient (Wildman–Crippen LogP) is 2.92. The topological polar surface area (TPSA) is 38.0 Å². The minimum atomic E-state index is 0.238. The monoisotopic (exact) mass is 238 g/mol. The number of nitrogens with two attached hydrogens (primary N) is 1. The zero-order valence-electron chi connectivity index (χ0n) is 11.7. The molecule has 0 spiro atoms. The summed E-state index contributed by atoms with van der Waals surface area (Å²) >= 11 is 0. The Bertz CT molecular complexity index is 237. The Morgan fingerprint density at radius 1 is 1.18 bits per heavy atom. The fourth-order valence-corrected chi connectivity index (χ4v) is 3.65. The zero-order valence-corrected chi connectivity index (χ0v) is 11.7. The summed E-state index contributed by atoms with van der Waals surface area (Å²) in [6.45, 7) is 6.75. The van der Waals surface area contributed by atoms with Gasteiger partial charge in [0.2, 0.25) is 0 Å². The van der Waals surface area contributed by atoms with Crippen LogP contribution in [0.1, 0.15) is 58.8 Å². The van der Waals surface area contributed by atoms with Crippen molar-refractivity contribution >= 4 is 0 Å². The van der Waals surface area contributed by atoms with Gasteiger partial charge in [-0.15, -0.1) is 0 Å². The van der Waals surface area contributed by atoms with Crippen molar-refractivity contribution in [3.8, 4) is 0 Å². The van der Waals surface area contributed by atoms with Crippen molar-refractivity contribution in [1.29, 1.82) is 0 Å². The van der Waals surface area contributed by atoms with Gasteiger partial charge in [-0.25, -0.2) is 0 Å². The molecule has 17 heavy (non-hydrogen) atoms. The Morgan fingerprint density at radius 2 is 1.94 bits per heavy atom. The van der Waals surface area contributed by atoms with Gasteiger partial charge >= 0.3 is 0 Å². The molecular weight excluding hydrogens is 208 g/mol. The third-order valence-corrected chi connectivity index (χ3v) is 5.37. The molecule has 3 N–H and O–H groups in total. The molecule has 2 aliphatic rings. The van der Waals surface area contributed by atoms with Crippen molar-refractivity contribution in [1.82, 2.24) is 5.32 Å². The Hall–Kier alpha value is -0.0800. The highest BCUT2D eigenvalue weighted by Gasteiger charge is 2.39. The summed E-state index contributed by atoms with van der Waals surface area (Å²) in [6, 6.07) is 0. The van der Waals surface area contributed by atoms with Crippen LogP contribution in [0.3, 0.4) is 0 Å². The number of nitrogens with one attached hydrogen (secondary N) is 1. The standard InChI is InChI=1S/C15H30N2/c1-12-6-7-13(2)15(10-12,11-16)17-9-8-14-4-3-5-14/h12-14,17H,3-11,16H2,1-2H3. The van der Waals surface area contributed by atoms with E-state index in [1.807, 2.05) is 0 Å². The minimum Gasteiger partial charge on any atom is -0.329 e. The fourth-order valence-electron chi connectivity index (χ4n) is 3.65. The second-order valence-corrected chi connectivity index (χ2v) is 6.66. The van der Waals surface area contributed by atoms with Gasteiger partial charge in [0.15, 0.2) is 0 Å². The van der Waals surface area contributed by atoms with Gasteiger partial charge < -0.3 is 11.1 Å². The Morgan fingerprint density at radius 3 is 2.53 bits per heavy atom. The first-order chi connectivity index (χ1) is 8.16. The lowest BCUT2D eigenvalue weighted by Gasteiger charge is -2.45. The molecule has 2 heteroatoms. The molecule has 0 aromatic heterocycles. The van der Waals surface area contributed by atoms with Crippen LogP contribution >= 0.6 is 0 Å². The van der Waals surface area contributed by atoms with Gasteiger partial charge in [0.1, 0.15) is 0 Å². The molecule has 0 bridgehead atoms. The molecule has 0 radical (unpaired) electrons. The quantitative estimate of drug-likeness (QED) is 0.773. The molecule has 2 saturated carbocycles. The van der Waals surface area contributed by atoms with Crippen LogP contribution in [0.15, 0.2) is 0 Å².